The Morgan fingerprint density at radius 2 is 1.72 bits per heavy atom. The average molecular weight is 409 g/mol. The topological polar surface area (TPSA) is 75.3 Å². The van der Waals surface area contributed by atoms with Crippen molar-refractivity contribution < 1.29 is 13.2 Å². The number of benzene rings is 3. The van der Waals surface area contributed by atoms with Crippen LogP contribution in [-0.4, -0.2) is 20.9 Å². The Morgan fingerprint density at radius 1 is 0.966 bits per heavy atom. The van der Waals surface area contributed by atoms with Crippen molar-refractivity contribution in [2.75, 3.05) is 6.54 Å². The van der Waals surface area contributed by atoms with Crippen LogP contribution in [0.2, 0.25) is 0 Å². The molecule has 0 radical (unpaired) electrons. The summed E-state index contributed by atoms with van der Waals surface area (Å²) in [5, 5.41) is 4.90. The third-order valence-electron chi connectivity index (χ3n) is 5.38. The van der Waals surface area contributed by atoms with Gasteiger partial charge in [0.05, 0.1) is 10.9 Å². The van der Waals surface area contributed by atoms with Crippen LogP contribution in [0.3, 0.4) is 0 Å². The molecule has 0 saturated carbocycles. The van der Waals surface area contributed by atoms with Crippen molar-refractivity contribution >= 4 is 26.7 Å². The minimum Gasteiger partial charge on any atom is -0.349 e. The molecule has 5 nitrogen and oxygen atoms in total. The van der Waals surface area contributed by atoms with Gasteiger partial charge in [0.15, 0.2) is 0 Å². The summed E-state index contributed by atoms with van der Waals surface area (Å²) in [6, 6.07) is 20.8. The maximum absolute atomic E-state index is 12.6. The minimum absolute atomic E-state index is 0.00421. The highest BCUT2D eigenvalue weighted by Crippen LogP contribution is 2.29. The molecule has 29 heavy (non-hydrogen) atoms. The Labute approximate surface area is 171 Å². The van der Waals surface area contributed by atoms with E-state index in [4.69, 9.17) is 0 Å². The van der Waals surface area contributed by atoms with E-state index < -0.39 is 10.0 Å². The second-order valence-electron chi connectivity index (χ2n) is 7.37. The third kappa shape index (κ3) is 4.49. The van der Waals surface area contributed by atoms with Crippen LogP contribution in [0.15, 0.2) is 71.6 Å². The second-order valence-corrected chi connectivity index (χ2v) is 9.13. The molecule has 1 aliphatic rings. The molecule has 0 unspecified atom stereocenters. The van der Waals surface area contributed by atoms with Gasteiger partial charge >= 0.3 is 0 Å². The molecule has 0 aromatic heterocycles. The Kier molecular flexibility index (Phi) is 5.65. The van der Waals surface area contributed by atoms with Crippen molar-refractivity contribution in [3.05, 3.63) is 77.9 Å². The highest BCUT2D eigenvalue weighted by atomic mass is 32.2. The molecular weight excluding hydrogens is 384 g/mol. The first-order valence-electron chi connectivity index (χ1n) is 9.88. The summed E-state index contributed by atoms with van der Waals surface area (Å²) in [6.07, 6.45) is 3.09. The van der Waals surface area contributed by atoms with E-state index in [0.29, 0.717) is 0 Å². The van der Waals surface area contributed by atoms with Crippen LogP contribution in [0.4, 0.5) is 0 Å². The summed E-state index contributed by atoms with van der Waals surface area (Å²) in [7, 11) is -3.66. The molecule has 0 bridgehead atoms. The monoisotopic (exact) mass is 408 g/mol. The molecule has 1 aliphatic carbocycles. The number of hydrogen-bond donors (Lipinski definition) is 2. The standard InChI is InChI=1S/C23H24N2O3S/c26-23(25-22-11-5-9-18-7-3-4-10-21(18)22)14-15-24-29(27,28)20-13-12-17-6-1-2-8-19(17)16-20/h1-4,6-8,10,12-13,16,22,24H,5,9,11,14-15H2,(H,25,26)/t22-/m0/s1. The van der Waals surface area contributed by atoms with Gasteiger partial charge in [-0.25, -0.2) is 13.1 Å². The molecule has 150 valence electrons. The van der Waals surface area contributed by atoms with E-state index in [-0.39, 0.29) is 29.8 Å². The van der Waals surface area contributed by atoms with Gasteiger partial charge in [-0.1, -0.05) is 54.6 Å². The smallest absolute Gasteiger partial charge is 0.240 e. The minimum atomic E-state index is -3.66. The second kappa shape index (κ2) is 8.35. The number of carbonyl (C=O) groups is 1. The number of amides is 1. The molecular formula is C23H24N2O3S. The Bertz CT molecular complexity index is 1140. The zero-order valence-electron chi connectivity index (χ0n) is 16.1. The van der Waals surface area contributed by atoms with E-state index >= 15 is 0 Å². The lowest BCUT2D eigenvalue weighted by atomic mass is 9.88. The first kappa shape index (κ1) is 19.6. The van der Waals surface area contributed by atoms with Crippen molar-refractivity contribution in [2.45, 2.75) is 36.6 Å². The highest BCUT2D eigenvalue weighted by Gasteiger charge is 2.21. The molecule has 3 aromatic carbocycles. The van der Waals surface area contributed by atoms with Crippen LogP contribution in [0.5, 0.6) is 0 Å². The van der Waals surface area contributed by atoms with Crippen LogP contribution >= 0.6 is 0 Å². The van der Waals surface area contributed by atoms with Crippen molar-refractivity contribution in [2.24, 2.45) is 0 Å². The zero-order chi connectivity index (χ0) is 20.3. The SMILES string of the molecule is O=C(CCNS(=O)(=O)c1ccc2ccccc2c1)N[C@H]1CCCc2ccccc21. The average Bonchev–Trinajstić information content (AvgIpc) is 2.73. The molecule has 0 aliphatic heterocycles. The van der Waals surface area contributed by atoms with E-state index in [9.17, 15) is 13.2 Å². The maximum atomic E-state index is 12.6. The number of nitrogens with one attached hydrogen (secondary N) is 2. The molecule has 0 spiro atoms. The number of sulfonamides is 1. The van der Waals surface area contributed by atoms with Gasteiger partial charge in [-0.2, -0.15) is 0 Å². The number of hydrogen-bond acceptors (Lipinski definition) is 3. The molecule has 4 rings (SSSR count). The summed E-state index contributed by atoms with van der Waals surface area (Å²) in [6.45, 7) is 0.0648. The summed E-state index contributed by atoms with van der Waals surface area (Å²) >= 11 is 0. The van der Waals surface area contributed by atoms with E-state index in [2.05, 4.69) is 22.2 Å². The third-order valence-corrected chi connectivity index (χ3v) is 6.84. The van der Waals surface area contributed by atoms with Crippen LogP contribution in [0, 0.1) is 0 Å². The first-order valence-corrected chi connectivity index (χ1v) is 11.4. The quantitative estimate of drug-likeness (QED) is 0.653. The summed E-state index contributed by atoms with van der Waals surface area (Å²) in [4.78, 5) is 12.6. The maximum Gasteiger partial charge on any atom is 0.240 e. The van der Waals surface area contributed by atoms with Crippen LogP contribution in [0.25, 0.3) is 10.8 Å². The lowest BCUT2D eigenvalue weighted by Crippen LogP contribution is -2.34. The fourth-order valence-electron chi connectivity index (χ4n) is 3.89. The van der Waals surface area contributed by atoms with E-state index in [1.807, 2.05) is 36.4 Å². The Hall–Kier alpha value is -2.70. The van der Waals surface area contributed by atoms with Gasteiger partial charge < -0.3 is 5.32 Å². The predicted octanol–water partition coefficient (Wildman–Crippen LogP) is 3.70. The van der Waals surface area contributed by atoms with Crippen molar-refractivity contribution in [1.29, 1.82) is 0 Å². The lowest BCUT2D eigenvalue weighted by molar-refractivity contribution is -0.121. The molecule has 2 N–H and O–H groups in total. The molecule has 6 heteroatoms. The highest BCUT2D eigenvalue weighted by molar-refractivity contribution is 7.89. The summed E-state index contributed by atoms with van der Waals surface area (Å²) < 4.78 is 27.7. The van der Waals surface area contributed by atoms with E-state index in [1.165, 1.54) is 11.1 Å². The molecule has 1 atom stereocenters. The van der Waals surface area contributed by atoms with Gasteiger partial charge in [0.25, 0.3) is 0 Å². The molecule has 0 saturated heterocycles. The van der Waals surface area contributed by atoms with Crippen molar-refractivity contribution in [1.82, 2.24) is 10.0 Å². The first-order chi connectivity index (χ1) is 14.0. The molecule has 1 amide bonds. The Morgan fingerprint density at radius 3 is 2.59 bits per heavy atom. The number of fused-ring (bicyclic) bond motifs is 2. The lowest BCUT2D eigenvalue weighted by Gasteiger charge is -2.26. The molecule has 3 aromatic rings. The van der Waals surface area contributed by atoms with Crippen LogP contribution in [-0.2, 0) is 21.2 Å². The number of aryl methyl sites for hydroxylation is 1. The van der Waals surface area contributed by atoms with Gasteiger partial charge in [0, 0.05) is 13.0 Å². The van der Waals surface area contributed by atoms with E-state index in [1.54, 1.807) is 18.2 Å². The van der Waals surface area contributed by atoms with Gasteiger partial charge in [-0.3, -0.25) is 4.79 Å². The largest absolute Gasteiger partial charge is 0.349 e. The zero-order valence-corrected chi connectivity index (χ0v) is 16.9. The molecule has 0 fully saturated rings. The van der Waals surface area contributed by atoms with Crippen molar-refractivity contribution in [3.8, 4) is 0 Å². The predicted molar refractivity (Wildman–Crippen MR) is 114 cm³/mol. The normalized spacial score (nSPS) is 16.3. The van der Waals surface area contributed by atoms with Gasteiger partial charge in [-0.15, -0.1) is 0 Å². The van der Waals surface area contributed by atoms with Gasteiger partial charge in [0.2, 0.25) is 15.9 Å². The van der Waals surface area contributed by atoms with Crippen molar-refractivity contribution in [3.63, 3.8) is 0 Å². The van der Waals surface area contributed by atoms with Crippen LogP contribution in [0.1, 0.15) is 36.4 Å². The fourth-order valence-corrected chi connectivity index (χ4v) is 4.95. The van der Waals surface area contributed by atoms with Crippen LogP contribution < -0.4 is 10.0 Å². The fraction of sp³-hybridized carbons (Fsp3) is 0.261. The van der Waals surface area contributed by atoms with Gasteiger partial charge in [0.1, 0.15) is 0 Å². The Balaban J connectivity index is 1.35. The number of rotatable bonds is 6. The molecule has 0 heterocycles. The van der Waals surface area contributed by atoms with E-state index in [0.717, 1.165) is 30.0 Å². The van der Waals surface area contributed by atoms with Gasteiger partial charge in [-0.05, 0) is 53.3 Å². The number of carbonyl (C=O) groups excluding carboxylic acids is 1. The summed E-state index contributed by atoms with van der Waals surface area (Å²) in [5.41, 5.74) is 2.45. The summed E-state index contributed by atoms with van der Waals surface area (Å²) in [5.74, 6) is -0.145.